The average Bonchev–Trinajstić information content (AvgIpc) is 2.96. The third kappa shape index (κ3) is 1.71. The van der Waals surface area contributed by atoms with Crippen LogP contribution in [0.2, 0.25) is 0 Å². The van der Waals surface area contributed by atoms with E-state index in [1.54, 1.807) is 6.42 Å². The van der Waals surface area contributed by atoms with Gasteiger partial charge in [0.25, 0.3) is 0 Å². The third-order valence-electron chi connectivity index (χ3n) is 5.10. The highest BCUT2D eigenvalue weighted by molar-refractivity contribution is 4.99. The van der Waals surface area contributed by atoms with Crippen LogP contribution in [0.4, 0.5) is 0 Å². The molecule has 0 aliphatic heterocycles. The van der Waals surface area contributed by atoms with Gasteiger partial charge in [0.2, 0.25) is 0 Å². The molecule has 14 heavy (non-hydrogen) atoms. The van der Waals surface area contributed by atoms with Crippen LogP contribution < -0.4 is 5.73 Å². The maximum Gasteiger partial charge on any atom is 0.0155 e. The second kappa shape index (κ2) is 3.23. The number of fused-ring (bicyclic) bond motifs is 3. The molecule has 2 bridgehead atoms. The van der Waals surface area contributed by atoms with Gasteiger partial charge in [0.05, 0.1) is 0 Å². The van der Waals surface area contributed by atoms with E-state index in [1.165, 1.54) is 51.4 Å². The molecule has 0 heterocycles. The average molecular weight is 193 g/mol. The maximum atomic E-state index is 6.16. The fraction of sp³-hybridized carbons (Fsp3) is 1.00. The minimum absolute atomic E-state index is 0.302. The van der Waals surface area contributed by atoms with E-state index in [1.807, 2.05) is 0 Å². The highest BCUT2D eigenvalue weighted by Gasteiger charge is 2.41. The van der Waals surface area contributed by atoms with Gasteiger partial charge in [-0.3, -0.25) is 0 Å². The molecule has 1 heteroatoms. The lowest BCUT2D eigenvalue weighted by Gasteiger charge is -2.42. The topological polar surface area (TPSA) is 26.0 Å². The van der Waals surface area contributed by atoms with Gasteiger partial charge in [-0.1, -0.05) is 12.8 Å². The molecule has 0 aromatic heterocycles. The Labute approximate surface area is 87.4 Å². The molecule has 80 valence electrons. The molecule has 0 amide bonds. The lowest BCUT2D eigenvalue weighted by molar-refractivity contribution is 0.0896. The summed E-state index contributed by atoms with van der Waals surface area (Å²) in [6.45, 7) is 0. The molecule has 4 fully saturated rings. The summed E-state index contributed by atoms with van der Waals surface area (Å²) < 4.78 is 0. The van der Waals surface area contributed by atoms with Crippen LogP contribution in [0, 0.1) is 17.8 Å². The van der Waals surface area contributed by atoms with Gasteiger partial charge in [0.15, 0.2) is 0 Å². The number of rotatable bonds is 3. The summed E-state index contributed by atoms with van der Waals surface area (Å²) in [6.07, 6.45) is 13.0. The van der Waals surface area contributed by atoms with Crippen molar-refractivity contribution in [3.8, 4) is 0 Å². The molecule has 4 aliphatic rings. The lowest BCUT2D eigenvalue weighted by atomic mass is 9.63. The lowest BCUT2D eigenvalue weighted by Crippen LogP contribution is -2.33. The van der Waals surface area contributed by atoms with Crippen molar-refractivity contribution >= 4 is 0 Å². The Morgan fingerprint density at radius 2 is 1.79 bits per heavy atom. The molecule has 4 saturated carbocycles. The van der Waals surface area contributed by atoms with E-state index in [4.69, 9.17) is 5.73 Å². The summed E-state index contributed by atoms with van der Waals surface area (Å²) in [5.41, 5.74) is 6.46. The summed E-state index contributed by atoms with van der Waals surface area (Å²) in [5, 5.41) is 0. The third-order valence-corrected chi connectivity index (χ3v) is 5.10. The first-order valence-corrected chi connectivity index (χ1v) is 6.54. The van der Waals surface area contributed by atoms with Crippen molar-refractivity contribution in [2.24, 2.45) is 23.5 Å². The Morgan fingerprint density at radius 3 is 2.29 bits per heavy atom. The van der Waals surface area contributed by atoms with E-state index in [0.717, 1.165) is 17.8 Å². The van der Waals surface area contributed by atoms with Crippen LogP contribution in [0.3, 0.4) is 0 Å². The van der Waals surface area contributed by atoms with Crippen LogP contribution in [0.15, 0.2) is 0 Å². The molecule has 0 spiro atoms. The Hall–Kier alpha value is -0.0400. The summed E-state index contributed by atoms with van der Waals surface area (Å²) in [6, 6.07) is 0. The zero-order valence-electron chi connectivity index (χ0n) is 9.17. The molecular formula is C13H23N. The number of hydrogen-bond donors (Lipinski definition) is 1. The Bertz CT molecular complexity index is 211. The highest BCUT2D eigenvalue weighted by Crippen LogP contribution is 2.48. The van der Waals surface area contributed by atoms with Gasteiger partial charge in [-0.25, -0.2) is 0 Å². The largest absolute Gasteiger partial charge is 0.325 e. The zero-order chi connectivity index (χ0) is 9.60. The quantitative estimate of drug-likeness (QED) is 0.732. The molecule has 4 aliphatic carbocycles. The van der Waals surface area contributed by atoms with Gasteiger partial charge in [-0.05, 0) is 62.7 Å². The van der Waals surface area contributed by atoms with Crippen molar-refractivity contribution in [3.63, 3.8) is 0 Å². The Morgan fingerprint density at radius 1 is 1.07 bits per heavy atom. The Balaban J connectivity index is 1.53. The van der Waals surface area contributed by atoms with E-state index in [2.05, 4.69) is 0 Å². The van der Waals surface area contributed by atoms with Crippen molar-refractivity contribution in [3.05, 3.63) is 0 Å². The van der Waals surface area contributed by atoms with Gasteiger partial charge in [0, 0.05) is 5.54 Å². The van der Waals surface area contributed by atoms with Crippen molar-refractivity contribution in [2.75, 3.05) is 0 Å². The SMILES string of the molecule is NC1(CCC2CC3CCC2CC3)CC1. The predicted molar refractivity (Wildman–Crippen MR) is 58.9 cm³/mol. The van der Waals surface area contributed by atoms with E-state index in [-0.39, 0.29) is 0 Å². The maximum absolute atomic E-state index is 6.16. The van der Waals surface area contributed by atoms with Crippen LogP contribution in [0.1, 0.15) is 57.8 Å². The van der Waals surface area contributed by atoms with Crippen molar-refractivity contribution in [1.82, 2.24) is 0 Å². The van der Waals surface area contributed by atoms with Gasteiger partial charge in [-0.2, -0.15) is 0 Å². The first-order chi connectivity index (χ1) is 6.75. The summed E-state index contributed by atoms with van der Waals surface area (Å²) in [5.74, 6) is 3.24. The standard InChI is InChI=1S/C13H23N/c14-13(7-8-13)6-5-12-9-10-1-3-11(12)4-2-10/h10-12H,1-9,14H2. The minimum Gasteiger partial charge on any atom is -0.325 e. The molecule has 1 nitrogen and oxygen atoms in total. The van der Waals surface area contributed by atoms with E-state index in [9.17, 15) is 0 Å². The van der Waals surface area contributed by atoms with Crippen LogP contribution in [0.5, 0.6) is 0 Å². The van der Waals surface area contributed by atoms with Gasteiger partial charge >= 0.3 is 0 Å². The number of nitrogens with two attached hydrogens (primary N) is 1. The molecule has 4 rings (SSSR count). The van der Waals surface area contributed by atoms with E-state index >= 15 is 0 Å². The van der Waals surface area contributed by atoms with Crippen molar-refractivity contribution < 1.29 is 0 Å². The van der Waals surface area contributed by atoms with Crippen LogP contribution in [-0.4, -0.2) is 5.54 Å². The zero-order valence-corrected chi connectivity index (χ0v) is 9.17. The van der Waals surface area contributed by atoms with Crippen molar-refractivity contribution in [1.29, 1.82) is 0 Å². The van der Waals surface area contributed by atoms with Crippen LogP contribution in [0.25, 0.3) is 0 Å². The summed E-state index contributed by atoms with van der Waals surface area (Å²) in [4.78, 5) is 0. The van der Waals surface area contributed by atoms with Gasteiger partial charge < -0.3 is 5.73 Å². The minimum atomic E-state index is 0.302. The highest BCUT2D eigenvalue weighted by atomic mass is 14.8. The van der Waals surface area contributed by atoms with Crippen LogP contribution in [-0.2, 0) is 0 Å². The van der Waals surface area contributed by atoms with Gasteiger partial charge in [0.1, 0.15) is 0 Å². The first-order valence-electron chi connectivity index (χ1n) is 6.54. The fourth-order valence-electron chi connectivity index (χ4n) is 3.75. The molecule has 1 atom stereocenters. The fourth-order valence-corrected chi connectivity index (χ4v) is 3.75. The summed E-state index contributed by atoms with van der Waals surface area (Å²) in [7, 11) is 0. The first kappa shape index (κ1) is 9.21. The van der Waals surface area contributed by atoms with E-state index in [0.29, 0.717) is 5.54 Å². The Kier molecular flexibility index (Phi) is 2.12. The smallest absolute Gasteiger partial charge is 0.0155 e. The van der Waals surface area contributed by atoms with Crippen LogP contribution >= 0.6 is 0 Å². The predicted octanol–water partition coefficient (Wildman–Crippen LogP) is 3.08. The van der Waals surface area contributed by atoms with Crippen molar-refractivity contribution in [2.45, 2.75) is 63.3 Å². The molecule has 1 unspecified atom stereocenters. The number of hydrogen-bond acceptors (Lipinski definition) is 1. The second-order valence-corrected chi connectivity index (χ2v) is 6.18. The molecule has 0 aromatic carbocycles. The molecule has 0 radical (unpaired) electrons. The van der Waals surface area contributed by atoms with E-state index < -0.39 is 0 Å². The molecular weight excluding hydrogens is 170 g/mol. The molecule has 0 saturated heterocycles. The monoisotopic (exact) mass is 193 g/mol. The molecule has 0 aromatic rings. The molecule has 2 N–H and O–H groups in total. The normalized spacial score (nSPS) is 43.9. The van der Waals surface area contributed by atoms with Gasteiger partial charge in [-0.15, -0.1) is 0 Å². The summed E-state index contributed by atoms with van der Waals surface area (Å²) >= 11 is 0. The second-order valence-electron chi connectivity index (χ2n) is 6.18.